The fourth-order valence-electron chi connectivity index (χ4n) is 3.11. The third-order valence-electron chi connectivity index (χ3n) is 4.47. The highest BCUT2D eigenvalue weighted by molar-refractivity contribution is 5.79. The third-order valence-corrected chi connectivity index (χ3v) is 4.47. The van der Waals surface area contributed by atoms with E-state index in [-0.39, 0.29) is 27.9 Å². The second kappa shape index (κ2) is 6.31. The number of fused-ring (bicyclic) bond motifs is 2. The molecule has 0 saturated heterocycles. The van der Waals surface area contributed by atoms with Crippen LogP contribution < -0.4 is 11.1 Å². The van der Waals surface area contributed by atoms with Crippen LogP contribution >= 0.6 is 0 Å². The Morgan fingerprint density at radius 1 is 1.07 bits per heavy atom. The van der Waals surface area contributed by atoms with Crippen molar-refractivity contribution in [1.29, 1.82) is 5.26 Å². The predicted octanol–water partition coefficient (Wildman–Crippen LogP) is 3.20. The minimum atomic E-state index is -4.63. The SMILES string of the molecule is Cc1ccc2nc3c(cc(C#N)c(=O)n3-c3cccc(C(F)(F)F)c3)c(=O)n2c1. The molecule has 0 unspecified atom stereocenters. The van der Waals surface area contributed by atoms with Crippen molar-refractivity contribution in [3.63, 3.8) is 0 Å². The van der Waals surface area contributed by atoms with Crippen LogP contribution in [0.5, 0.6) is 0 Å². The molecule has 0 atom stereocenters. The molecule has 0 aliphatic carbocycles. The van der Waals surface area contributed by atoms with Crippen LogP contribution in [0.15, 0.2) is 58.3 Å². The summed E-state index contributed by atoms with van der Waals surface area (Å²) in [5.74, 6) is 0. The van der Waals surface area contributed by atoms with Crippen LogP contribution in [0.4, 0.5) is 13.2 Å². The summed E-state index contributed by atoms with van der Waals surface area (Å²) in [7, 11) is 0. The molecule has 0 spiro atoms. The van der Waals surface area contributed by atoms with Crippen LogP contribution in [0.2, 0.25) is 0 Å². The topological polar surface area (TPSA) is 80.2 Å². The van der Waals surface area contributed by atoms with Gasteiger partial charge in [-0.25, -0.2) is 4.98 Å². The number of halogens is 3. The minimum absolute atomic E-state index is 0.0540. The van der Waals surface area contributed by atoms with Crippen molar-refractivity contribution < 1.29 is 13.2 Å². The Morgan fingerprint density at radius 3 is 2.52 bits per heavy atom. The first-order chi connectivity index (χ1) is 13.7. The molecule has 0 bridgehead atoms. The van der Waals surface area contributed by atoms with Gasteiger partial charge in [-0.3, -0.25) is 18.6 Å². The smallest absolute Gasteiger partial charge is 0.268 e. The van der Waals surface area contributed by atoms with Crippen LogP contribution in [-0.2, 0) is 6.18 Å². The number of hydrogen-bond acceptors (Lipinski definition) is 4. The Balaban J connectivity index is 2.19. The molecule has 0 fully saturated rings. The van der Waals surface area contributed by atoms with Crippen LogP contribution in [0.1, 0.15) is 16.7 Å². The van der Waals surface area contributed by atoms with Crippen molar-refractivity contribution in [2.45, 2.75) is 13.1 Å². The van der Waals surface area contributed by atoms with E-state index in [0.717, 1.165) is 34.4 Å². The molecule has 0 radical (unpaired) electrons. The number of nitriles is 1. The molecule has 4 rings (SSSR count). The first-order valence-electron chi connectivity index (χ1n) is 8.37. The van der Waals surface area contributed by atoms with Crippen molar-refractivity contribution in [3.8, 4) is 11.8 Å². The number of aromatic nitrogens is 3. The number of nitrogens with zero attached hydrogens (tertiary/aromatic N) is 4. The molecule has 0 aliphatic rings. The number of rotatable bonds is 1. The standard InChI is InChI=1S/C20H11F3N4O2/c1-11-5-6-16-25-17-15(19(29)26(16)10-11)7-12(9-24)18(28)27(17)14-4-2-3-13(8-14)20(21,22)23/h2-8,10H,1H3. The molecular weight excluding hydrogens is 385 g/mol. The summed E-state index contributed by atoms with van der Waals surface area (Å²) >= 11 is 0. The van der Waals surface area contributed by atoms with Crippen molar-refractivity contribution in [2.75, 3.05) is 0 Å². The molecule has 6 nitrogen and oxygen atoms in total. The number of aryl methyl sites for hydroxylation is 1. The van der Waals surface area contributed by atoms with Crippen LogP contribution in [0, 0.1) is 18.3 Å². The van der Waals surface area contributed by atoms with Gasteiger partial charge in [0.25, 0.3) is 11.1 Å². The molecule has 0 amide bonds. The first kappa shape index (κ1) is 18.4. The Bertz CT molecular complexity index is 1460. The summed E-state index contributed by atoms with van der Waals surface area (Å²) in [6.45, 7) is 1.78. The van der Waals surface area contributed by atoms with Gasteiger partial charge in [-0.05, 0) is 42.8 Å². The van der Waals surface area contributed by atoms with E-state index in [9.17, 15) is 28.0 Å². The third kappa shape index (κ3) is 2.95. The molecular formula is C20H11F3N4O2. The number of alkyl halides is 3. The lowest BCUT2D eigenvalue weighted by atomic mass is 10.1. The fraction of sp³-hybridized carbons (Fsp3) is 0.100. The minimum Gasteiger partial charge on any atom is -0.268 e. The number of hydrogen-bond donors (Lipinski definition) is 0. The molecule has 29 heavy (non-hydrogen) atoms. The first-order valence-corrected chi connectivity index (χ1v) is 8.37. The Labute approximate surface area is 160 Å². The molecule has 4 aromatic rings. The van der Waals surface area contributed by atoms with Crippen LogP contribution in [0.3, 0.4) is 0 Å². The second-order valence-electron chi connectivity index (χ2n) is 6.45. The molecule has 0 N–H and O–H groups in total. The average molecular weight is 396 g/mol. The van der Waals surface area contributed by atoms with Crippen molar-refractivity contribution >= 4 is 16.7 Å². The number of benzene rings is 1. The maximum Gasteiger partial charge on any atom is 0.416 e. The van der Waals surface area contributed by atoms with E-state index in [2.05, 4.69) is 4.98 Å². The Morgan fingerprint density at radius 2 is 1.83 bits per heavy atom. The molecule has 3 aromatic heterocycles. The summed E-state index contributed by atoms with van der Waals surface area (Å²) in [6, 6.07) is 10.2. The summed E-state index contributed by atoms with van der Waals surface area (Å²) in [5.41, 5.74) is -2.00. The zero-order valence-corrected chi connectivity index (χ0v) is 14.9. The van der Waals surface area contributed by atoms with E-state index < -0.39 is 22.9 Å². The van der Waals surface area contributed by atoms with E-state index >= 15 is 0 Å². The van der Waals surface area contributed by atoms with Gasteiger partial charge in [0, 0.05) is 6.20 Å². The van der Waals surface area contributed by atoms with Gasteiger partial charge in [0.2, 0.25) is 0 Å². The predicted molar refractivity (Wildman–Crippen MR) is 99.0 cm³/mol. The molecule has 0 saturated carbocycles. The van der Waals surface area contributed by atoms with Crippen LogP contribution in [0.25, 0.3) is 22.4 Å². The van der Waals surface area contributed by atoms with E-state index in [0.29, 0.717) is 0 Å². The molecule has 3 heterocycles. The zero-order valence-electron chi connectivity index (χ0n) is 14.9. The van der Waals surface area contributed by atoms with Crippen molar-refractivity contribution in [1.82, 2.24) is 14.0 Å². The average Bonchev–Trinajstić information content (AvgIpc) is 2.68. The zero-order chi connectivity index (χ0) is 20.9. The Hall–Kier alpha value is -3.93. The van der Waals surface area contributed by atoms with Gasteiger partial charge < -0.3 is 0 Å². The molecule has 1 aromatic carbocycles. The normalized spacial score (nSPS) is 11.7. The van der Waals surface area contributed by atoms with Gasteiger partial charge in [-0.2, -0.15) is 18.4 Å². The molecule has 9 heteroatoms. The summed E-state index contributed by atoms with van der Waals surface area (Å²) in [4.78, 5) is 30.1. The number of pyridine rings is 2. The summed E-state index contributed by atoms with van der Waals surface area (Å²) < 4.78 is 41.6. The summed E-state index contributed by atoms with van der Waals surface area (Å²) in [5, 5.41) is 9.25. The molecule has 144 valence electrons. The quantitative estimate of drug-likeness (QED) is 0.463. The van der Waals surface area contributed by atoms with Gasteiger partial charge >= 0.3 is 6.18 Å². The van der Waals surface area contributed by atoms with E-state index in [1.54, 1.807) is 31.3 Å². The van der Waals surface area contributed by atoms with Gasteiger partial charge in [0.05, 0.1) is 16.6 Å². The summed E-state index contributed by atoms with van der Waals surface area (Å²) in [6.07, 6.45) is -3.07. The second-order valence-corrected chi connectivity index (χ2v) is 6.45. The van der Waals surface area contributed by atoms with Crippen molar-refractivity contribution in [2.24, 2.45) is 0 Å². The lowest BCUT2D eigenvalue weighted by Gasteiger charge is -2.13. The lowest BCUT2D eigenvalue weighted by Crippen LogP contribution is -2.26. The maximum absolute atomic E-state index is 13.1. The highest BCUT2D eigenvalue weighted by atomic mass is 19.4. The van der Waals surface area contributed by atoms with Gasteiger partial charge in [-0.1, -0.05) is 12.1 Å². The van der Waals surface area contributed by atoms with E-state index in [4.69, 9.17) is 0 Å². The Kier molecular flexibility index (Phi) is 4.01. The van der Waals surface area contributed by atoms with Crippen molar-refractivity contribution in [3.05, 3.63) is 86.1 Å². The molecule has 0 aliphatic heterocycles. The lowest BCUT2D eigenvalue weighted by molar-refractivity contribution is -0.137. The largest absolute Gasteiger partial charge is 0.416 e. The highest BCUT2D eigenvalue weighted by Crippen LogP contribution is 2.30. The highest BCUT2D eigenvalue weighted by Gasteiger charge is 2.31. The maximum atomic E-state index is 13.1. The van der Waals surface area contributed by atoms with Gasteiger partial charge in [-0.15, -0.1) is 0 Å². The van der Waals surface area contributed by atoms with E-state index in [1.807, 2.05) is 0 Å². The van der Waals surface area contributed by atoms with E-state index in [1.165, 1.54) is 10.5 Å². The van der Waals surface area contributed by atoms with Crippen LogP contribution in [-0.4, -0.2) is 14.0 Å². The van der Waals surface area contributed by atoms with Gasteiger partial charge in [0.1, 0.15) is 17.3 Å². The van der Waals surface area contributed by atoms with Gasteiger partial charge in [0.15, 0.2) is 5.65 Å². The fourth-order valence-corrected chi connectivity index (χ4v) is 3.11. The monoisotopic (exact) mass is 396 g/mol.